The Morgan fingerprint density at radius 2 is 1.97 bits per heavy atom. The van der Waals surface area contributed by atoms with Crippen molar-refractivity contribution in [1.29, 1.82) is 0 Å². The summed E-state index contributed by atoms with van der Waals surface area (Å²) in [6, 6.07) is 9.67. The standard InChI is InChI=1S/C20H15ClF3N3O2/c1-2-27-11-15(19(29)26-25-10-12-5-3-4-6-16(12)21)18(28)14-9-13(20(22,23)24)7-8-17(14)27/h3-11H,2H2,1H3,(H,26,29). The molecule has 0 aliphatic rings. The first-order valence-electron chi connectivity index (χ1n) is 8.54. The summed E-state index contributed by atoms with van der Waals surface area (Å²) in [7, 11) is 0. The van der Waals surface area contributed by atoms with Crippen LogP contribution in [-0.2, 0) is 12.7 Å². The van der Waals surface area contributed by atoms with E-state index in [0.717, 1.165) is 12.1 Å². The van der Waals surface area contributed by atoms with Gasteiger partial charge in [0.15, 0.2) is 0 Å². The lowest BCUT2D eigenvalue weighted by Crippen LogP contribution is -2.27. The van der Waals surface area contributed by atoms with Crippen LogP contribution in [0.4, 0.5) is 13.2 Å². The summed E-state index contributed by atoms with van der Waals surface area (Å²) in [5.41, 5.74) is 0.996. The van der Waals surface area contributed by atoms with Gasteiger partial charge >= 0.3 is 6.18 Å². The molecule has 9 heteroatoms. The number of aryl methyl sites for hydroxylation is 1. The third-order valence-electron chi connectivity index (χ3n) is 4.27. The van der Waals surface area contributed by atoms with Crippen LogP contribution in [0.2, 0.25) is 5.02 Å². The Bertz CT molecular complexity index is 1170. The van der Waals surface area contributed by atoms with Crippen LogP contribution in [0.3, 0.4) is 0 Å². The van der Waals surface area contributed by atoms with Crippen molar-refractivity contribution in [3.05, 3.63) is 80.6 Å². The van der Waals surface area contributed by atoms with Crippen molar-refractivity contribution in [2.45, 2.75) is 19.6 Å². The minimum absolute atomic E-state index is 0.190. The molecule has 1 aromatic heterocycles. The molecule has 1 N–H and O–H groups in total. The second kappa shape index (κ2) is 8.08. The van der Waals surface area contributed by atoms with Gasteiger partial charge in [-0.25, -0.2) is 5.43 Å². The molecule has 3 aromatic rings. The number of alkyl halides is 3. The number of hydrogen-bond acceptors (Lipinski definition) is 3. The normalized spacial score (nSPS) is 11.9. The first-order valence-corrected chi connectivity index (χ1v) is 8.92. The van der Waals surface area contributed by atoms with Crippen molar-refractivity contribution in [2.24, 2.45) is 5.10 Å². The molecule has 29 heavy (non-hydrogen) atoms. The third kappa shape index (κ3) is 4.32. The van der Waals surface area contributed by atoms with Gasteiger partial charge in [0.2, 0.25) is 5.43 Å². The molecule has 150 valence electrons. The fourth-order valence-corrected chi connectivity index (χ4v) is 2.98. The first-order chi connectivity index (χ1) is 13.7. The molecule has 2 aromatic carbocycles. The number of amides is 1. The van der Waals surface area contributed by atoms with Gasteiger partial charge in [0.25, 0.3) is 5.91 Å². The van der Waals surface area contributed by atoms with Gasteiger partial charge in [-0.1, -0.05) is 29.8 Å². The first kappa shape index (κ1) is 20.6. The number of hydrazone groups is 1. The molecule has 1 heterocycles. The molecule has 0 spiro atoms. The fourth-order valence-electron chi connectivity index (χ4n) is 2.80. The Balaban J connectivity index is 2.00. The second-order valence-electron chi connectivity index (χ2n) is 6.11. The fraction of sp³-hybridized carbons (Fsp3) is 0.150. The zero-order valence-electron chi connectivity index (χ0n) is 15.1. The minimum atomic E-state index is -4.60. The van der Waals surface area contributed by atoms with Crippen LogP contribution >= 0.6 is 11.6 Å². The van der Waals surface area contributed by atoms with Crippen molar-refractivity contribution in [3.8, 4) is 0 Å². The topological polar surface area (TPSA) is 63.5 Å². The van der Waals surface area contributed by atoms with Gasteiger partial charge in [0, 0.05) is 28.7 Å². The smallest absolute Gasteiger partial charge is 0.347 e. The average molecular weight is 422 g/mol. The molecule has 0 bridgehead atoms. The van der Waals surface area contributed by atoms with Crippen LogP contribution in [0.15, 0.2) is 58.6 Å². The quantitative estimate of drug-likeness (QED) is 0.499. The van der Waals surface area contributed by atoms with Crippen molar-refractivity contribution in [1.82, 2.24) is 9.99 Å². The molecule has 0 aliphatic carbocycles. The average Bonchev–Trinajstić information content (AvgIpc) is 2.68. The lowest BCUT2D eigenvalue weighted by molar-refractivity contribution is -0.137. The highest BCUT2D eigenvalue weighted by Crippen LogP contribution is 2.30. The number of carbonyl (C=O) groups excluding carboxylic acids is 1. The van der Waals surface area contributed by atoms with Crippen molar-refractivity contribution in [3.63, 3.8) is 0 Å². The van der Waals surface area contributed by atoms with E-state index in [9.17, 15) is 22.8 Å². The Morgan fingerprint density at radius 1 is 1.24 bits per heavy atom. The summed E-state index contributed by atoms with van der Waals surface area (Å²) in [6.07, 6.45) is -1.99. The zero-order valence-corrected chi connectivity index (χ0v) is 15.9. The highest BCUT2D eigenvalue weighted by Gasteiger charge is 2.31. The summed E-state index contributed by atoms with van der Waals surface area (Å²) in [5.74, 6) is -0.834. The summed E-state index contributed by atoms with van der Waals surface area (Å²) in [4.78, 5) is 25.1. The Kier molecular flexibility index (Phi) is 5.74. The van der Waals surface area contributed by atoms with Crippen LogP contribution in [0.5, 0.6) is 0 Å². The van der Waals surface area contributed by atoms with Crippen LogP contribution in [0.25, 0.3) is 10.9 Å². The van der Waals surface area contributed by atoms with E-state index >= 15 is 0 Å². The minimum Gasteiger partial charge on any atom is -0.347 e. The van der Waals surface area contributed by atoms with E-state index in [1.54, 1.807) is 31.2 Å². The maximum atomic E-state index is 13.0. The molecule has 0 atom stereocenters. The van der Waals surface area contributed by atoms with Gasteiger partial charge in [0.05, 0.1) is 17.3 Å². The zero-order chi connectivity index (χ0) is 21.2. The van der Waals surface area contributed by atoms with Crippen molar-refractivity contribution < 1.29 is 18.0 Å². The van der Waals surface area contributed by atoms with E-state index < -0.39 is 23.1 Å². The summed E-state index contributed by atoms with van der Waals surface area (Å²) in [6.45, 7) is 2.10. The van der Waals surface area contributed by atoms with E-state index in [-0.39, 0.29) is 10.9 Å². The van der Waals surface area contributed by atoms with Crippen LogP contribution in [0, 0.1) is 0 Å². The lowest BCUT2D eigenvalue weighted by Gasteiger charge is -2.13. The summed E-state index contributed by atoms with van der Waals surface area (Å²) in [5, 5.41) is 4.01. The van der Waals surface area contributed by atoms with E-state index in [1.165, 1.54) is 23.0 Å². The van der Waals surface area contributed by atoms with E-state index in [4.69, 9.17) is 11.6 Å². The number of hydrogen-bond donors (Lipinski definition) is 1. The third-order valence-corrected chi connectivity index (χ3v) is 4.61. The summed E-state index contributed by atoms with van der Waals surface area (Å²) < 4.78 is 40.6. The number of fused-ring (bicyclic) bond motifs is 1. The molecule has 0 saturated heterocycles. The Labute approximate surface area is 168 Å². The maximum Gasteiger partial charge on any atom is 0.416 e. The predicted molar refractivity (Wildman–Crippen MR) is 105 cm³/mol. The van der Waals surface area contributed by atoms with Gasteiger partial charge < -0.3 is 4.57 Å². The molecule has 0 radical (unpaired) electrons. The number of halogens is 4. The number of pyridine rings is 1. The Hall–Kier alpha value is -3.13. The highest BCUT2D eigenvalue weighted by atomic mass is 35.5. The van der Waals surface area contributed by atoms with Gasteiger partial charge in [-0.2, -0.15) is 18.3 Å². The van der Waals surface area contributed by atoms with E-state index in [0.29, 0.717) is 22.6 Å². The van der Waals surface area contributed by atoms with Crippen molar-refractivity contribution in [2.75, 3.05) is 0 Å². The van der Waals surface area contributed by atoms with E-state index in [1.807, 2.05) is 0 Å². The molecule has 3 rings (SSSR count). The van der Waals surface area contributed by atoms with Crippen LogP contribution in [0.1, 0.15) is 28.4 Å². The van der Waals surface area contributed by atoms with E-state index in [2.05, 4.69) is 10.5 Å². The number of rotatable bonds is 4. The van der Waals surface area contributed by atoms with Crippen molar-refractivity contribution >= 4 is 34.6 Å². The molecule has 0 fully saturated rings. The monoisotopic (exact) mass is 421 g/mol. The number of benzene rings is 2. The molecule has 0 aliphatic heterocycles. The molecule has 5 nitrogen and oxygen atoms in total. The van der Waals surface area contributed by atoms with Crippen LogP contribution < -0.4 is 10.9 Å². The number of nitrogens with one attached hydrogen (secondary N) is 1. The van der Waals surface area contributed by atoms with Gasteiger partial charge in [0.1, 0.15) is 5.56 Å². The SMILES string of the molecule is CCn1cc(C(=O)NN=Cc2ccccc2Cl)c(=O)c2cc(C(F)(F)F)ccc21. The van der Waals surface area contributed by atoms with Gasteiger partial charge in [-0.15, -0.1) is 0 Å². The molecule has 0 unspecified atom stereocenters. The molecular formula is C20H15ClF3N3O2. The summed E-state index contributed by atoms with van der Waals surface area (Å²) >= 11 is 5.99. The van der Waals surface area contributed by atoms with Gasteiger partial charge in [-0.05, 0) is 31.2 Å². The maximum absolute atomic E-state index is 13.0. The molecular weight excluding hydrogens is 407 g/mol. The number of aromatic nitrogens is 1. The highest BCUT2D eigenvalue weighted by molar-refractivity contribution is 6.33. The Morgan fingerprint density at radius 3 is 2.62 bits per heavy atom. The lowest BCUT2D eigenvalue weighted by atomic mass is 10.1. The predicted octanol–water partition coefficient (Wildman–Crippen LogP) is 4.46. The largest absolute Gasteiger partial charge is 0.416 e. The number of nitrogens with zero attached hydrogens (tertiary/aromatic N) is 2. The molecule has 0 saturated carbocycles. The van der Waals surface area contributed by atoms with Gasteiger partial charge in [-0.3, -0.25) is 9.59 Å². The molecule has 1 amide bonds. The van der Waals surface area contributed by atoms with Crippen LogP contribution in [-0.4, -0.2) is 16.7 Å². The second-order valence-corrected chi connectivity index (χ2v) is 6.52. The number of carbonyl (C=O) groups is 1.